The molecule has 0 fully saturated rings. The fourth-order valence-corrected chi connectivity index (χ4v) is 4.17. The normalized spacial score (nSPS) is 11.6. The Morgan fingerprint density at radius 1 is 0.741 bits per heavy atom. The van der Waals surface area contributed by atoms with Gasteiger partial charge in [0.2, 0.25) is 0 Å². The average Bonchev–Trinajstić information content (AvgIpc) is 2.88. The Morgan fingerprint density at radius 3 is 2.11 bits per heavy atom. The second kappa shape index (κ2) is 6.60. The molecule has 2 heterocycles. The molecule has 0 aliphatic carbocycles. The molecule has 0 radical (unpaired) electrons. The van der Waals surface area contributed by atoms with E-state index in [2.05, 4.69) is 42.7 Å². The minimum absolute atomic E-state index is 0.841. The molecule has 1 aromatic heterocycles. The van der Waals surface area contributed by atoms with Gasteiger partial charge in [0.1, 0.15) is 11.5 Å². The van der Waals surface area contributed by atoms with Crippen molar-refractivity contribution in [2.24, 2.45) is 0 Å². The minimum atomic E-state index is 0.841. The first kappa shape index (κ1) is 16.2. The molecule has 0 amide bonds. The first-order chi connectivity index (χ1) is 13.3. The maximum atomic E-state index is 6.28. The van der Waals surface area contributed by atoms with Crippen molar-refractivity contribution in [2.75, 3.05) is 6.26 Å². The van der Waals surface area contributed by atoms with Crippen LogP contribution in [0.25, 0.3) is 33.6 Å². The van der Waals surface area contributed by atoms with Crippen LogP contribution in [-0.2, 0) is 0 Å². The number of pyridine rings is 1. The van der Waals surface area contributed by atoms with Crippen LogP contribution in [0.3, 0.4) is 0 Å². The Balaban J connectivity index is 1.88. The van der Waals surface area contributed by atoms with E-state index in [9.17, 15) is 0 Å². The molecular weight excluding hydrogens is 350 g/mol. The van der Waals surface area contributed by atoms with Crippen LogP contribution in [-0.4, -0.2) is 11.2 Å². The lowest BCUT2D eigenvalue weighted by Crippen LogP contribution is -1.94. The number of hydrogen-bond donors (Lipinski definition) is 0. The molecule has 0 bridgehead atoms. The fourth-order valence-electron chi connectivity index (χ4n) is 3.53. The Bertz CT molecular complexity index is 1140. The summed E-state index contributed by atoms with van der Waals surface area (Å²) in [6.45, 7) is 0. The number of fused-ring (bicyclic) bond motifs is 5. The third-order valence-corrected chi connectivity index (χ3v) is 5.55. The summed E-state index contributed by atoms with van der Waals surface area (Å²) in [5.41, 5.74) is 6.32. The van der Waals surface area contributed by atoms with Crippen LogP contribution in [0.1, 0.15) is 0 Å². The largest absolute Gasteiger partial charge is 0.456 e. The average molecular weight is 367 g/mol. The van der Waals surface area contributed by atoms with Crippen molar-refractivity contribution < 1.29 is 4.74 Å². The number of thioether (sulfide) groups is 1. The van der Waals surface area contributed by atoms with Gasteiger partial charge in [-0.25, -0.2) is 4.98 Å². The Kier molecular flexibility index (Phi) is 3.95. The van der Waals surface area contributed by atoms with Gasteiger partial charge >= 0.3 is 0 Å². The molecule has 0 N–H and O–H groups in total. The van der Waals surface area contributed by atoms with Crippen LogP contribution in [0, 0.1) is 0 Å². The van der Waals surface area contributed by atoms with Crippen LogP contribution in [0.5, 0.6) is 11.5 Å². The van der Waals surface area contributed by atoms with E-state index < -0.39 is 0 Å². The van der Waals surface area contributed by atoms with E-state index in [1.807, 2.05) is 48.5 Å². The number of hydrogen-bond acceptors (Lipinski definition) is 3. The van der Waals surface area contributed by atoms with Crippen LogP contribution >= 0.6 is 11.8 Å². The van der Waals surface area contributed by atoms with E-state index in [0.717, 1.165) is 45.1 Å². The highest BCUT2D eigenvalue weighted by molar-refractivity contribution is 7.98. The molecule has 0 spiro atoms. The van der Waals surface area contributed by atoms with Gasteiger partial charge in [-0.2, -0.15) is 0 Å². The van der Waals surface area contributed by atoms with Gasteiger partial charge in [0.15, 0.2) is 0 Å². The predicted octanol–water partition coefficient (Wildman–Crippen LogP) is 6.91. The fraction of sp³-hybridized carbons (Fsp3) is 0.0417. The summed E-state index contributed by atoms with van der Waals surface area (Å²) in [7, 11) is 0. The lowest BCUT2D eigenvalue weighted by Gasteiger charge is -2.15. The van der Waals surface area contributed by atoms with E-state index in [0.29, 0.717) is 0 Å². The minimum Gasteiger partial charge on any atom is -0.456 e. The van der Waals surface area contributed by atoms with Crippen molar-refractivity contribution >= 4 is 11.8 Å². The number of benzene rings is 3. The van der Waals surface area contributed by atoms with Crippen molar-refractivity contribution in [3.05, 3.63) is 84.9 Å². The second-order valence-electron chi connectivity index (χ2n) is 6.39. The number of para-hydroxylation sites is 2. The van der Waals surface area contributed by atoms with Crippen molar-refractivity contribution in [1.82, 2.24) is 4.98 Å². The highest BCUT2D eigenvalue weighted by Crippen LogP contribution is 2.49. The summed E-state index contributed by atoms with van der Waals surface area (Å²) in [5.74, 6) is 1.71. The zero-order valence-electron chi connectivity index (χ0n) is 14.8. The third kappa shape index (κ3) is 2.71. The molecule has 0 unspecified atom stereocenters. The quantitative estimate of drug-likeness (QED) is 0.316. The summed E-state index contributed by atoms with van der Waals surface area (Å²) in [4.78, 5) is 6.30. The second-order valence-corrected chi connectivity index (χ2v) is 7.24. The topological polar surface area (TPSA) is 22.1 Å². The lowest BCUT2D eigenvalue weighted by molar-refractivity contribution is 0.487. The van der Waals surface area contributed by atoms with E-state index in [-0.39, 0.29) is 0 Å². The number of nitrogens with zero attached hydrogens (tertiary/aromatic N) is 1. The number of ether oxygens (including phenoxy) is 1. The molecule has 3 aromatic carbocycles. The Labute approximate surface area is 162 Å². The predicted molar refractivity (Wildman–Crippen MR) is 112 cm³/mol. The monoisotopic (exact) mass is 367 g/mol. The molecular formula is C24H17NOS. The van der Waals surface area contributed by atoms with Crippen molar-refractivity contribution in [3.63, 3.8) is 0 Å². The van der Waals surface area contributed by atoms with Crippen LogP contribution < -0.4 is 4.74 Å². The molecule has 4 aromatic rings. The standard InChI is InChI=1S/C24H17NOS/c1-27-22-15-19(16-9-3-2-4-10-16)25-24-18-12-6-8-14-21(18)26-20-13-7-5-11-17(20)23(22)24/h2-15H,1H3. The van der Waals surface area contributed by atoms with Gasteiger partial charge in [0, 0.05) is 27.1 Å². The van der Waals surface area contributed by atoms with Crippen LogP contribution in [0.2, 0.25) is 0 Å². The SMILES string of the molecule is CSc1cc(-c2ccccc2)nc2c1-c1ccccc1Oc1ccccc1-2. The molecule has 1 aliphatic rings. The van der Waals surface area contributed by atoms with Crippen molar-refractivity contribution in [1.29, 1.82) is 0 Å². The van der Waals surface area contributed by atoms with E-state index in [4.69, 9.17) is 9.72 Å². The van der Waals surface area contributed by atoms with Crippen LogP contribution in [0.4, 0.5) is 0 Å². The maximum Gasteiger partial charge on any atom is 0.136 e. The van der Waals surface area contributed by atoms with Gasteiger partial charge in [0.25, 0.3) is 0 Å². The Hall–Kier alpha value is -3.04. The molecule has 1 aliphatic heterocycles. The summed E-state index contributed by atoms with van der Waals surface area (Å²) < 4.78 is 6.28. The summed E-state index contributed by atoms with van der Waals surface area (Å²) in [6.07, 6.45) is 2.12. The summed E-state index contributed by atoms with van der Waals surface area (Å²) in [5, 5.41) is 0. The highest BCUT2D eigenvalue weighted by Gasteiger charge is 2.24. The lowest BCUT2D eigenvalue weighted by atomic mass is 9.97. The molecule has 27 heavy (non-hydrogen) atoms. The van der Waals surface area contributed by atoms with Crippen LogP contribution in [0.15, 0.2) is 89.8 Å². The molecule has 0 atom stereocenters. The van der Waals surface area contributed by atoms with E-state index >= 15 is 0 Å². The Morgan fingerprint density at radius 2 is 1.37 bits per heavy atom. The highest BCUT2D eigenvalue weighted by atomic mass is 32.2. The zero-order valence-corrected chi connectivity index (χ0v) is 15.7. The summed E-state index contributed by atoms with van der Waals surface area (Å²) >= 11 is 1.74. The van der Waals surface area contributed by atoms with Gasteiger partial charge < -0.3 is 4.74 Å². The number of rotatable bonds is 2. The van der Waals surface area contributed by atoms with Gasteiger partial charge in [-0.1, -0.05) is 60.7 Å². The smallest absolute Gasteiger partial charge is 0.136 e. The molecule has 2 nitrogen and oxygen atoms in total. The molecule has 3 heteroatoms. The zero-order chi connectivity index (χ0) is 18.2. The van der Waals surface area contributed by atoms with Gasteiger partial charge in [-0.05, 0) is 30.5 Å². The van der Waals surface area contributed by atoms with Gasteiger partial charge in [0.05, 0.1) is 11.4 Å². The van der Waals surface area contributed by atoms with Crippen molar-refractivity contribution in [3.8, 4) is 45.1 Å². The number of aromatic nitrogens is 1. The summed E-state index contributed by atoms with van der Waals surface area (Å²) in [6, 6.07) is 28.9. The van der Waals surface area contributed by atoms with E-state index in [1.165, 1.54) is 4.90 Å². The molecule has 0 saturated carbocycles. The molecule has 0 saturated heterocycles. The third-order valence-electron chi connectivity index (χ3n) is 4.79. The van der Waals surface area contributed by atoms with Gasteiger partial charge in [-0.3, -0.25) is 0 Å². The van der Waals surface area contributed by atoms with Crippen molar-refractivity contribution in [2.45, 2.75) is 4.90 Å². The van der Waals surface area contributed by atoms with E-state index in [1.54, 1.807) is 11.8 Å². The van der Waals surface area contributed by atoms with Gasteiger partial charge in [-0.15, -0.1) is 11.8 Å². The molecule has 130 valence electrons. The maximum absolute atomic E-state index is 6.28. The first-order valence-corrected chi connectivity index (χ1v) is 10.1. The molecule has 5 rings (SSSR count). The first-order valence-electron chi connectivity index (χ1n) is 8.86.